The molecule has 0 aliphatic carbocycles. The van der Waals surface area contributed by atoms with Crippen molar-refractivity contribution in [2.75, 3.05) is 10.0 Å². The van der Waals surface area contributed by atoms with E-state index in [0.29, 0.717) is 17.8 Å². The second-order valence-corrected chi connectivity index (χ2v) is 7.42. The van der Waals surface area contributed by atoms with E-state index in [9.17, 15) is 12.8 Å². The minimum Gasteiger partial charge on any atom is -0.379 e. The smallest absolute Gasteiger partial charge is 0.262 e. The van der Waals surface area contributed by atoms with Gasteiger partial charge in [-0.15, -0.1) is 0 Å². The molecular weight excluding hydrogens is 353 g/mol. The van der Waals surface area contributed by atoms with E-state index in [0.717, 1.165) is 17.4 Å². The lowest BCUT2D eigenvalue weighted by molar-refractivity contribution is 0.598. The second kappa shape index (κ2) is 7.53. The van der Waals surface area contributed by atoms with Crippen LogP contribution in [0.1, 0.15) is 11.3 Å². The first kappa shape index (κ1) is 17.9. The van der Waals surface area contributed by atoms with Crippen molar-refractivity contribution in [2.24, 2.45) is 0 Å². The Labute approximate surface area is 152 Å². The van der Waals surface area contributed by atoms with Gasteiger partial charge in [0.1, 0.15) is 5.82 Å². The molecule has 7 heteroatoms. The zero-order chi connectivity index (χ0) is 18.6. The highest BCUT2D eigenvalue weighted by molar-refractivity contribution is 7.92. The van der Waals surface area contributed by atoms with Crippen molar-refractivity contribution in [3.05, 3.63) is 83.9 Å². The van der Waals surface area contributed by atoms with Gasteiger partial charge in [0.15, 0.2) is 0 Å². The lowest BCUT2D eigenvalue weighted by Gasteiger charge is -2.11. The highest BCUT2D eigenvalue weighted by atomic mass is 32.2. The molecule has 1 heterocycles. The summed E-state index contributed by atoms with van der Waals surface area (Å²) < 4.78 is 40.6. The van der Waals surface area contributed by atoms with Crippen LogP contribution < -0.4 is 10.0 Å². The van der Waals surface area contributed by atoms with Crippen LogP contribution in [0.25, 0.3) is 0 Å². The summed E-state index contributed by atoms with van der Waals surface area (Å²) in [7, 11) is -3.78. The SMILES string of the molecule is Cc1cc(F)ccc1S(=O)(=O)Nc1ccc(NCc2ccccn2)cc1. The molecule has 0 aliphatic rings. The average Bonchev–Trinajstić information content (AvgIpc) is 2.61. The third-order valence-electron chi connectivity index (χ3n) is 3.76. The number of benzene rings is 2. The number of rotatable bonds is 6. The first-order valence-corrected chi connectivity index (χ1v) is 9.45. The van der Waals surface area contributed by atoms with Gasteiger partial charge in [0.25, 0.3) is 10.0 Å². The third-order valence-corrected chi connectivity index (χ3v) is 5.30. The van der Waals surface area contributed by atoms with Crippen LogP contribution >= 0.6 is 0 Å². The molecule has 5 nitrogen and oxygen atoms in total. The van der Waals surface area contributed by atoms with Crippen molar-refractivity contribution >= 4 is 21.4 Å². The van der Waals surface area contributed by atoms with E-state index in [1.165, 1.54) is 12.1 Å². The maximum absolute atomic E-state index is 13.2. The zero-order valence-corrected chi connectivity index (χ0v) is 14.9. The second-order valence-electron chi connectivity index (χ2n) is 5.77. The molecule has 0 bridgehead atoms. The molecule has 1 aromatic heterocycles. The van der Waals surface area contributed by atoms with Crippen LogP contribution in [0.2, 0.25) is 0 Å². The molecule has 0 radical (unpaired) electrons. The average molecular weight is 371 g/mol. The Kier molecular flexibility index (Phi) is 5.18. The first-order valence-electron chi connectivity index (χ1n) is 7.97. The Morgan fingerprint density at radius 2 is 1.73 bits per heavy atom. The number of hydrogen-bond donors (Lipinski definition) is 2. The van der Waals surface area contributed by atoms with E-state index in [2.05, 4.69) is 15.0 Å². The predicted molar refractivity (Wildman–Crippen MR) is 100.0 cm³/mol. The van der Waals surface area contributed by atoms with Crippen LogP contribution in [0.15, 0.2) is 71.8 Å². The molecule has 2 aromatic carbocycles. The topological polar surface area (TPSA) is 71.1 Å². The lowest BCUT2D eigenvalue weighted by Crippen LogP contribution is -2.14. The monoisotopic (exact) mass is 371 g/mol. The number of nitrogens with one attached hydrogen (secondary N) is 2. The van der Waals surface area contributed by atoms with Crippen LogP contribution in [0.5, 0.6) is 0 Å². The van der Waals surface area contributed by atoms with Crippen molar-refractivity contribution in [1.82, 2.24) is 4.98 Å². The van der Waals surface area contributed by atoms with Crippen LogP contribution in [-0.4, -0.2) is 13.4 Å². The molecule has 26 heavy (non-hydrogen) atoms. The Bertz CT molecular complexity index is 991. The van der Waals surface area contributed by atoms with E-state index in [-0.39, 0.29) is 4.90 Å². The van der Waals surface area contributed by atoms with Gasteiger partial charge < -0.3 is 5.32 Å². The van der Waals surface area contributed by atoms with Gasteiger partial charge in [-0.05, 0) is 67.1 Å². The number of pyridine rings is 1. The lowest BCUT2D eigenvalue weighted by atomic mass is 10.2. The normalized spacial score (nSPS) is 11.2. The predicted octanol–water partition coefficient (Wildman–Crippen LogP) is 3.94. The highest BCUT2D eigenvalue weighted by Gasteiger charge is 2.17. The summed E-state index contributed by atoms with van der Waals surface area (Å²) >= 11 is 0. The van der Waals surface area contributed by atoms with Crippen molar-refractivity contribution in [3.8, 4) is 0 Å². The molecule has 0 fully saturated rings. The molecule has 0 saturated carbocycles. The fourth-order valence-corrected chi connectivity index (χ4v) is 3.76. The molecule has 3 rings (SSSR count). The molecule has 0 spiro atoms. The fourth-order valence-electron chi connectivity index (χ4n) is 2.48. The molecule has 0 unspecified atom stereocenters. The van der Waals surface area contributed by atoms with Gasteiger partial charge >= 0.3 is 0 Å². The number of aryl methyl sites for hydroxylation is 1. The largest absolute Gasteiger partial charge is 0.379 e. The molecule has 0 amide bonds. The molecule has 2 N–H and O–H groups in total. The Hall–Kier alpha value is -2.93. The van der Waals surface area contributed by atoms with E-state index in [1.54, 1.807) is 37.4 Å². The summed E-state index contributed by atoms with van der Waals surface area (Å²) in [5, 5.41) is 3.22. The van der Waals surface area contributed by atoms with E-state index in [1.807, 2.05) is 18.2 Å². The van der Waals surface area contributed by atoms with Crippen LogP contribution in [0, 0.1) is 12.7 Å². The van der Waals surface area contributed by atoms with Gasteiger partial charge in [-0.25, -0.2) is 12.8 Å². The van der Waals surface area contributed by atoms with Crippen LogP contribution in [0.4, 0.5) is 15.8 Å². The number of aromatic nitrogens is 1. The maximum atomic E-state index is 13.2. The molecule has 134 valence electrons. The van der Waals surface area contributed by atoms with Gasteiger partial charge in [0.2, 0.25) is 0 Å². The quantitative estimate of drug-likeness (QED) is 0.688. The number of sulfonamides is 1. The van der Waals surface area contributed by atoms with Crippen molar-refractivity contribution in [3.63, 3.8) is 0 Å². The van der Waals surface area contributed by atoms with Crippen molar-refractivity contribution in [1.29, 1.82) is 0 Å². The summed E-state index contributed by atoms with van der Waals surface area (Å²) in [6, 6.07) is 16.2. The molecule has 0 aliphatic heterocycles. The number of anilines is 2. The minimum atomic E-state index is -3.78. The fraction of sp³-hybridized carbons (Fsp3) is 0.105. The summed E-state index contributed by atoms with van der Waals surface area (Å²) in [5.74, 6) is -0.468. The Morgan fingerprint density at radius 1 is 1.00 bits per heavy atom. The number of halogens is 1. The summed E-state index contributed by atoms with van der Waals surface area (Å²) in [6.07, 6.45) is 1.73. The number of nitrogens with zero attached hydrogens (tertiary/aromatic N) is 1. The standard InChI is InChI=1S/C19H18FN3O2S/c1-14-12-15(20)5-10-19(14)26(24,25)23-17-8-6-16(7-9-17)22-13-18-4-2-3-11-21-18/h2-12,22-23H,13H2,1H3. The van der Waals surface area contributed by atoms with Gasteiger partial charge in [-0.3, -0.25) is 9.71 Å². The molecule has 3 aromatic rings. The third kappa shape index (κ3) is 4.37. The van der Waals surface area contributed by atoms with E-state index in [4.69, 9.17) is 0 Å². The zero-order valence-electron chi connectivity index (χ0n) is 14.1. The first-order chi connectivity index (χ1) is 12.4. The molecule has 0 atom stereocenters. The van der Waals surface area contributed by atoms with Gasteiger partial charge in [0, 0.05) is 17.6 Å². The van der Waals surface area contributed by atoms with E-state index < -0.39 is 15.8 Å². The maximum Gasteiger partial charge on any atom is 0.262 e. The van der Waals surface area contributed by atoms with Crippen LogP contribution in [-0.2, 0) is 16.6 Å². The Balaban J connectivity index is 1.68. The van der Waals surface area contributed by atoms with Crippen molar-refractivity contribution in [2.45, 2.75) is 18.4 Å². The Morgan fingerprint density at radius 3 is 2.38 bits per heavy atom. The van der Waals surface area contributed by atoms with E-state index >= 15 is 0 Å². The van der Waals surface area contributed by atoms with Gasteiger partial charge in [-0.2, -0.15) is 0 Å². The summed E-state index contributed by atoms with van der Waals surface area (Å²) in [6.45, 7) is 2.13. The van der Waals surface area contributed by atoms with Gasteiger partial charge in [-0.1, -0.05) is 6.07 Å². The van der Waals surface area contributed by atoms with Crippen molar-refractivity contribution < 1.29 is 12.8 Å². The van der Waals surface area contributed by atoms with Gasteiger partial charge in [0.05, 0.1) is 17.1 Å². The summed E-state index contributed by atoms with van der Waals surface area (Å²) in [4.78, 5) is 4.28. The van der Waals surface area contributed by atoms with Crippen LogP contribution in [0.3, 0.4) is 0 Å². The molecule has 0 saturated heterocycles. The molecular formula is C19H18FN3O2S. The summed E-state index contributed by atoms with van der Waals surface area (Å²) in [5.41, 5.74) is 2.53. The minimum absolute atomic E-state index is 0.0521. The highest BCUT2D eigenvalue weighted by Crippen LogP contribution is 2.21. The number of hydrogen-bond acceptors (Lipinski definition) is 4.